The minimum atomic E-state index is 0.543. The summed E-state index contributed by atoms with van der Waals surface area (Å²) >= 11 is 0. The zero-order chi connectivity index (χ0) is 14.6. The lowest BCUT2D eigenvalue weighted by atomic mass is 10.2. The molecular formula is C16H27NO3. The average Bonchev–Trinajstić information content (AvgIpc) is 2.46. The third-order valence-electron chi connectivity index (χ3n) is 2.75. The highest BCUT2D eigenvalue weighted by Gasteiger charge is 2.06. The van der Waals surface area contributed by atoms with Crippen molar-refractivity contribution in [1.82, 2.24) is 5.32 Å². The Morgan fingerprint density at radius 2 is 1.80 bits per heavy atom. The van der Waals surface area contributed by atoms with Gasteiger partial charge in [-0.1, -0.05) is 13.0 Å². The SMILES string of the molecule is CCCNCc1ccc(OCCOCC)c(OCC)c1. The second kappa shape index (κ2) is 10.5. The van der Waals surface area contributed by atoms with Crippen LogP contribution in [0.25, 0.3) is 0 Å². The maximum absolute atomic E-state index is 5.70. The first-order valence-corrected chi connectivity index (χ1v) is 7.48. The van der Waals surface area contributed by atoms with E-state index in [1.54, 1.807) is 0 Å². The van der Waals surface area contributed by atoms with E-state index >= 15 is 0 Å². The quantitative estimate of drug-likeness (QED) is 0.633. The van der Waals surface area contributed by atoms with E-state index in [9.17, 15) is 0 Å². The Labute approximate surface area is 122 Å². The van der Waals surface area contributed by atoms with Crippen molar-refractivity contribution in [3.8, 4) is 11.5 Å². The second-order valence-electron chi connectivity index (χ2n) is 4.44. The summed E-state index contributed by atoms with van der Waals surface area (Å²) in [6.45, 7) is 10.5. The molecule has 0 aliphatic heterocycles. The summed E-state index contributed by atoms with van der Waals surface area (Å²) in [4.78, 5) is 0. The molecule has 0 aromatic heterocycles. The van der Waals surface area contributed by atoms with E-state index in [0.717, 1.165) is 31.0 Å². The Balaban J connectivity index is 2.58. The van der Waals surface area contributed by atoms with Crippen LogP contribution in [-0.2, 0) is 11.3 Å². The standard InChI is InChI=1S/C16H27NO3/c1-4-9-17-13-14-7-8-15(16(12-14)19-6-3)20-11-10-18-5-2/h7-8,12,17H,4-6,9-11,13H2,1-3H3. The van der Waals surface area contributed by atoms with Gasteiger partial charge in [0.15, 0.2) is 11.5 Å². The Bertz CT molecular complexity index is 369. The van der Waals surface area contributed by atoms with Gasteiger partial charge in [-0.05, 0) is 44.5 Å². The monoisotopic (exact) mass is 281 g/mol. The summed E-state index contributed by atoms with van der Waals surface area (Å²) in [5.41, 5.74) is 1.21. The molecule has 1 aromatic rings. The van der Waals surface area contributed by atoms with Crippen molar-refractivity contribution in [2.24, 2.45) is 0 Å². The Hall–Kier alpha value is -1.26. The zero-order valence-electron chi connectivity index (χ0n) is 12.9. The normalized spacial score (nSPS) is 10.6. The molecule has 0 amide bonds. The molecule has 0 aliphatic rings. The number of benzene rings is 1. The zero-order valence-corrected chi connectivity index (χ0v) is 12.9. The molecule has 1 N–H and O–H groups in total. The molecule has 4 nitrogen and oxygen atoms in total. The van der Waals surface area contributed by atoms with Crippen LogP contribution in [0.15, 0.2) is 18.2 Å². The highest BCUT2D eigenvalue weighted by Crippen LogP contribution is 2.28. The van der Waals surface area contributed by atoms with Crippen molar-refractivity contribution in [1.29, 1.82) is 0 Å². The van der Waals surface area contributed by atoms with Crippen LogP contribution in [0.3, 0.4) is 0 Å². The minimum Gasteiger partial charge on any atom is -0.490 e. The smallest absolute Gasteiger partial charge is 0.161 e. The van der Waals surface area contributed by atoms with Crippen molar-refractivity contribution >= 4 is 0 Å². The van der Waals surface area contributed by atoms with Gasteiger partial charge in [-0.15, -0.1) is 0 Å². The number of hydrogen-bond acceptors (Lipinski definition) is 4. The van der Waals surface area contributed by atoms with Crippen LogP contribution in [0.4, 0.5) is 0 Å². The summed E-state index contributed by atoms with van der Waals surface area (Å²) in [5, 5.41) is 3.38. The topological polar surface area (TPSA) is 39.7 Å². The third-order valence-corrected chi connectivity index (χ3v) is 2.75. The molecule has 0 heterocycles. The largest absolute Gasteiger partial charge is 0.490 e. The Morgan fingerprint density at radius 3 is 2.50 bits per heavy atom. The lowest BCUT2D eigenvalue weighted by molar-refractivity contribution is 0.108. The fourth-order valence-electron chi connectivity index (χ4n) is 1.81. The van der Waals surface area contributed by atoms with Crippen LogP contribution < -0.4 is 14.8 Å². The van der Waals surface area contributed by atoms with Gasteiger partial charge in [0.1, 0.15) is 6.61 Å². The van der Waals surface area contributed by atoms with Crippen LogP contribution in [0.1, 0.15) is 32.8 Å². The molecule has 0 aliphatic carbocycles. The number of rotatable bonds is 11. The molecule has 0 fully saturated rings. The summed E-state index contributed by atoms with van der Waals surface area (Å²) in [6.07, 6.45) is 1.14. The van der Waals surface area contributed by atoms with Crippen molar-refractivity contribution in [2.75, 3.05) is 33.0 Å². The van der Waals surface area contributed by atoms with Gasteiger partial charge < -0.3 is 19.5 Å². The van der Waals surface area contributed by atoms with Crippen molar-refractivity contribution in [3.63, 3.8) is 0 Å². The molecule has 114 valence electrons. The van der Waals surface area contributed by atoms with E-state index in [2.05, 4.69) is 18.3 Å². The highest BCUT2D eigenvalue weighted by molar-refractivity contribution is 5.43. The molecule has 0 radical (unpaired) electrons. The summed E-state index contributed by atoms with van der Waals surface area (Å²) < 4.78 is 16.6. The second-order valence-corrected chi connectivity index (χ2v) is 4.44. The van der Waals surface area contributed by atoms with Crippen LogP contribution >= 0.6 is 0 Å². The highest BCUT2D eigenvalue weighted by atomic mass is 16.5. The number of ether oxygens (including phenoxy) is 3. The summed E-state index contributed by atoms with van der Waals surface area (Å²) in [5.74, 6) is 1.59. The molecule has 0 spiro atoms. The molecule has 0 unspecified atom stereocenters. The van der Waals surface area contributed by atoms with Gasteiger partial charge in [0, 0.05) is 13.2 Å². The van der Waals surface area contributed by atoms with Crippen LogP contribution in [0.2, 0.25) is 0 Å². The summed E-state index contributed by atoms with van der Waals surface area (Å²) in [7, 11) is 0. The minimum absolute atomic E-state index is 0.543. The van der Waals surface area contributed by atoms with Gasteiger partial charge in [0.2, 0.25) is 0 Å². The van der Waals surface area contributed by atoms with Crippen molar-refractivity contribution in [2.45, 2.75) is 33.7 Å². The Morgan fingerprint density at radius 1 is 0.950 bits per heavy atom. The maximum Gasteiger partial charge on any atom is 0.161 e. The fraction of sp³-hybridized carbons (Fsp3) is 0.625. The molecule has 0 atom stereocenters. The van der Waals surface area contributed by atoms with Gasteiger partial charge in [0.25, 0.3) is 0 Å². The van der Waals surface area contributed by atoms with Gasteiger partial charge in [0.05, 0.1) is 13.2 Å². The van der Waals surface area contributed by atoms with Crippen LogP contribution in [-0.4, -0.2) is 33.0 Å². The van der Waals surface area contributed by atoms with E-state index < -0.39 is 0 Å². The van der Waals surface area contributed by atoms with Crippen LogP contribution in [0, 0.1) is 0 Å². The summed E-state index contributed by atoms with van der Waals surface area (Å²) in [6, 6.07) is 6.09. The molecule has 1 rings (SSSR count). The van der Waals surface area contributed by atoms with Crippen molar-refractivity contribution < 1.29 is 14.2 Å². The molecule has 0 bridgehead atoms. The maximum atomic E-state index is 5.70. The first-order valence-electron chi connectivity index (χ1n) is 7.48. The van der Waals surface area contributed by atoms with E-state index in [1.807, 2.05) is 26.0 Å². The molecule has 0 saturated carbocycles. The molecule has 1 aromatic carbocycles. The van der Waals surface area contributed by atoms with Crippen molar-refractivity contribution in [3.05, 3.63) is 23.8 Å². The Kier molecular flexibility index (Phi) is 8.83. The third kappa shape index (κ3) is 6.26. The first-order chi connectivity index (χ1) is 9.81. The molecule has 0 saturated heterocycles. The molecule has 20 heavy (non-hydrogen) atoms. The van der Waals surface area contributed by atoms with E-state index in [-0.39, 0.29) is 0 Å². The van der Waals surface area contributed by atoms with E-state index in [0.29, 0.717) is 26.4 Å². The first kappa shape index (κ1) is 16.8. The lowest BCUT2D eigenvalue weighted by Gasteiger charge is -2.13. The molecule has 4 heteroatoms. The van der Waals surface area contributed by atoms with Gasteiger partial charge in [-0.2, -0.15) is 0 Å². The predicted molar refractivity (Wildman–Crippen MR) is 81.6 cm³/mol. The fourth-order valence-corrected chi connectivity index (χ4v) is 1.81. The number of hydrogen-bond donors (Lipinski definition) is 1. The van der Waals surface area contributed by atoms with E-state index in [4.69, 9.17) is 14.2 Å². The molecular weight excluding hydrogens is 254 g/mol. The predicted octanol–water partition coefficient (Wildman–Crippen LogP) is 3.00. The van der Waals surface area contributed by atoms with E-state index in [1.165, 1.54) is 5.56 Å². The number of nitrogens with one attached hydrogen (secondary N) is 1. The lowest BCUT2D eigenvalue weighted by Crippen LogP contribution is -2.14. The average molecular weight is 281 g/mol. The van der Waals surface area contributed by atoms with Crippen LogP contribution in [0.5, 0.6) is 11.5 Å². The van der Waals surface area contributed by atoms with Gasteiger partial charge in [-0.3, -0.25) is 0 Å². The van der Waals surface area contributed by atoms with Gasteiger partial charge in [-0.25, -0.2) is 0 Å². The van der Waals surface area contributed by atoms with Gasteiger partial charge >= 0.3 is 0 Å².